The Hall–Kier alpha value is -2.56. The minimum atomic E-state index is -0.145. The van der Waals surface area contributed by atoms with E-state index in [1.165, 1.54) is 0 Å². The largest absolute Gasteiger partial charge is 0.496 e. The van der Waals surface area contributed by atoms with E-state index < -0.39 is 0 Å². The number of nitrogens with zero attached hydrogens (tertiary/aromatic N) is 1. The molecule has 21 heavy (non-hydrogen) atoms. The zero-order valence-corrected chi connectivity index (χ0v) is 12.1. The van der Waals surface area contributed by atoms with Crippen molar-refractivity contribution in [2.75, 3.05) is 19.0 Å². The number of nitrogens with one attached hydrogen (secondary N) is 1. The van der Waals surface area contributed by atoms with Crippen LogP contribution < -0.4 is 14.8 Å². The number of amides is 1. The smallest absolute Gasteiger partial charge is 0.237 e. The van der Waals surface area contributed by atoms with Crippen molar-refractivity contribution in [1.82, 2.24) is 4.98 Å². The van der Waals surface area contributed by atoms with Crippen LogP contribution in [0.3, 0.4) is 0 Å². The molecule has 5 heteroatoms. The third-order valence-electron chi connectivity index (χ3n) is 2.87. The Morgan fingerprint density at radius 1 is 1.24 bits per heavy atom. The lowest BCUT2D eigenvalue weighted by molar-refractivity contribution is -0.115. The number of hydrogen-bond acceptors (Lipinski definition) is 4. The molecule has 0 atom stereocenters. The predicted molar refractivity (Wildman–Crippen MR) is 80.7 cm³/mol. The minimum absolute atomic E-state index is 0.145. The van der Waals surface area contributed by atoms with Crippen LogP contribution in [-0.4, -0.2) is 24.6 Å². The fourth-order valence-electron chi connectivity index (χ4n) is 1.95. The SMILES string of the molecule is CCOc1ncccc1NC(=O)Cc1ccccc1OC. The normalized spacial score (nSPS) is 10.0. The second-order valence-corrected chi connectivity index (χ2v) is 4.33. The predicted octanol–water partition coefficient (Wildman–Crippen LogP) is 2.67. The van der Waals surface area contributed by atoms with Crippen molar-refractivity contribution >= 4 is 11.6 Å². The lowest BCUT2D eigenvalue weighted by Gasteiger charge is -2.11. The maximum absolute atomic E-state index is 12.2. The maximum Gasteiger partial charge on any atom is 0.237 e. The van der Waals surface area contributed by atoms with Crippen molar-refractivity contribution in [3.05, 3.63) is 48.2 Å². The van der Waals surface area contributed by atoms with Crippen LogP contribution in [-0.2, 0) is 11.2 Å². The Balaban J connectivity index is 2.08. The molecule has 1 aromatic heterocycles. The van der Waals surface area contributed by atoms with E-state index in [0.29, 0.717) is 23.9 Å². The Bertz CT molecular complexity index is 614. The molecule has 0 spiro atoms. The Labute approximate surface area is 123 Å². The Morgan fingerprint density at radius 2 is 2.05 bits per heavy atom. The van der Waals surface area contributed by atoms with Crippen LogP contribution in [0.5, 0.6) is 11.6 Å². The molecule has 2 aromatic rings. The maximum atomic E-state index is 12.2. The molecule has 110 valence electrons. The summed E-state index contributed by atoms with van der Waals surface area (Å²) >= 11 is 0. The molecule has 0 bridgehead atoms. The van der Waals surface area contributed by atoms with E-state index in [1.54, 1.807) is 25.4 Å². The van der Waals surface area contributed by atoms with Crippen LogP contribution >= 0.6 is 0 Å². The van der Waals surface area contributed by atoms with Gasteiger partial charge in [0.15, 0.2) is 0 Å². The van der Waals surface area contributed by atoms with Crippen LogP contribution in [0.2, 0.25) is 0 Å². The van der Waals surface area contributed by atoms with E-state index in [-0.39, 0.29) is 12.3 Å². The standard InChI is InChI=1S/C16H18N2O3/c1-3-21-16-13(8-6-10-17-16)18-15(19)11-12-7-4-5-9-14(12)20-2/h4-10H,3,11H2,1-2H3,(H,18,19). The van der Waals surface area contributed by atoms with Crippen molar-refractivity contribution in [3.63, 3.8) is 0 Å². The van der Waals surface area contributed by atoms with Gasteiger partial charge in [0.2, 0.25) is 11.8 Å². The number of anilines is 1. The summed E-state index contributed by atoms with van der Waals surface area (Å²) in [5.74, 6) is 0.977. The van der Waals surface area contributed by atoms with Crippen LogP contribution in [0.1, 0.15) is 12.5 Å². The molecule has 0 unspecified atom stereocenters. The fourth-order valence-corrected chi connectivity index (χ4v) is 1.95. The van der Waals surface area contributed by atoms with Crippen LogP contribution in [0.15, 0.2) is 42.6 Å². The minimum Gasteiger partial charge on any atom is -0.496 e. The molecule has 0 radical (unpaired) electrons. The van der Waals surface area contributed by atoms with Crippen molar-refractivity contribution in [2.45, 2.75) is 13.3 Å². The van der Waals surface area contributed by atoms with Gasteiger partial charge in [0.05, 0.1) is 20.1 Å². The number of carbonyl (C=O) groups excluding carboxylic acids is 1. The number of methoxy groups -OCH3 is 1. The number of pyridine rings is 1. The fraction of sp³-hybridized carbons (Fsp3) is 0.250. The van der Waals surface area contributed by atoms with E-state index in [0.717, 1.165) is 5.56 Å². The lowest BCUT2D eigenvalue weighted by Crippen LogP contribution is -2.16. The van der Waals surface area contributed by atoms with E-state index in [9.17, 15) is 4.79 Å². The number of ether oxygens (including phenoxy) is 2. The van der Waals surface area contributed by atoms with Gasteiger partial charge in [-0.3, -0.25) is 4.79 Å². The zero-order valence-electron chi connectivity index (χ0n) is 12.1. The van der Waals surface area contributed by atoms with Crippen LogP contribution in [0.4, 0.5) is 5.69 Å². The molecular formula is C16H18N2O3. The third-order valence-corrected chi connectivity index (χ3v) is 2.87. The zero-order chi connectivity index (χ0) is 15.1. The number of aromatic nitrogens is 1. The van der Waals surface area contributed by atoms with Crippen LogP contribution in [0.25, 0.3) is 0 Å². The van der Waals surface area contributed by atoms with E-state index in [2.05, 4.69) is 10.3 Å². The molecule has 1 N–H and O–H groups in total. The van der Waals surface area contributed by atoms with E-state index in [1.807, 2.05) is 31.2 Å². The lowest BCUT2D eigenvalue weighted by atomic mass is 10.1. The van der Waals surface area contributed by atoms with Crippen molar-refractivity contribution in [2.24, 2.45) is 0 Å². The Kier molecular flexibility index (Phi) is 5.15. The van der Waals surface area contributed by atoms with Crippen molar-refractivity contribution in [3.8, 4) is 11.6 Å². The van der Waals surface area contributed by atoms with Gasteiger partial charge in [-0.15, -0.1) is 0 Å². The summed E-state index contributed by atoms with van der Waals surface area (Å²) in [6.07, 6.45) is 1.85. The molecule has 0 aliphatic carbocycles. The van der Waals surface area contributed by atoms with Gasteiger partial charge < -0.3 is 14.8 Å². The van der Waals surface area contributed by atoms with Gasteiger partial charge in [-0.05, 0) is 25.1 Å². The molecule has 0 fully saturated rings. The summed E-state index contributed by atoms with van der Waals surface area (Å²) in [5, 5.41) is 2.81. The quantitative estimate of drug-likeness (QED) is 0.887. The molecule has 5 nitrogen and oxygen atoms in total. The third kappa shape index (κ3) is 3.95. The summed E-state index contributed by atoms with van der Waals surface area (Å²) in [6.45, 7) is 2.36. The molecule has 1 aromatic carbocycles. The van der Waals surface area contributed by atoms with E-state index >= 15 is 0 Å². The highest BCUT2D eigenvalue weighted by Gasteiger charge is 2.11. The van der Waals surface area contributed by atoms with Crippen LogP contribution in [0, 0.1) is 0 Å². The van der Waals surface area contributed by atoms with Crippen molar-refractivity contribution in [1.29, 1.82) is 0 Å². The van der Waals surface area contributed by atoms with Crippen molar-refractivity contribution < 1.29 is 14.3 Å². The number of benzene rings is 1. The highest BCUT2D eigenvalue weighted by molar-refractivity contribution is 5.93. The summed E-state index contributed by atoms with van der Waals surface area (Å²) in [6, 6.07) is 11.0. The average molecular weight is 286 g/mol. The monoisotopic (exact) mass is 286 g/mol. The second kappa shape index (κ2) is 7.28. The molecule has 1 heterocycles. The highest BCUT2D eigenvalue weighted by atomic mass is 16.5. The first kappa shape index (κ1) is 14.8. The highest BCUT2D eigenvalue weighted by Crippen LogP contribution is 2.22. The van der Waals surface area contributed by atoms with Gasteiger partial charge in [0, 0.05) is 11.8 Å². The summed E-state index contributed by atoms with van der Waals surface area (Å²) < 4.78 is 10.6. The number of rotatable bonds is 6. The average Bonchev–Trinajstić information content (AvgIpc) is 2.50. The number of carbonyl (C=O) groups is 1. The molecule has 0 aliphatic heterocycles. The summed E-state index contributed by atoms with van der Waals surface area (Å²) in [5.41, 5.74) is 1.40. The van der Waals surface area contributed by atoms with Gasteiger partial charge in [-0.25, -0.2) is 4.98 Å². The molecular weight excluding hydrogens is 268 g/mol. The molecule has 0 saturated carbocycles. The molecule has 2 rings (SSSR count). The molecule has 0 aliphatic rings. The molecule has 1 amide bonds. The van der Waals surface area contributed by atoms with E-state index in [4.69, 9.17) is 9.47 Å². The Morgan fingerprint density at radius 3 is 2.81 bits per heavy atom. The van der Waals surface area contributed by atoms with Gasteiger partial charge in [-0.2, -0.15) is 0 Å². The number of hydrogen-bond donors (Lipinski definition) is 1. The topological polar surface area (TPSA) is 60.5 Å². The van der Waals surface area contributed by atoms with Gasteiger partial charge in [0.1, 0.15) is 11.4 Å². The molecule has 0 saturated heterocycles. The summed E-state index contributed by atoms with van der Waals surface area (Å²) in [7, 11) is 1.59. The first-order valence-electron chi connectivity index (χ1n) is 6.74. The second-order valence-electron chi connectivity index (χ2n) is 4.33. The van der Waals surface area contributed by atoms with Gasteiger partial charge >= 0.3 is 0 Å². The van der Waals surface area contributed by atoms with Gasteiger partial charge in [0.25, 0.3) is 0 Å². The first-order chi connectivity index (χ1) is 10.2. The number of para-hydroxylation sites is 1. The summed E-state index contributed by atoms with van der Waals surface area (Å²) in [4.78, 5) is 16.3. The van der Waals surface area contributed by atoms with Gasteiger partial charge in [-0.1, -0.05) is 18.2 Å². The first-order valence-corrected chi connectivity index (χ1v) is 6.74.